The molecule has 1 saturated heterocycles. The molecule has 0 unspecified atom stereocenters. The molecule has 2 N–H and O–H groups in total. The predicted octanol–water partition coefficient (Wildman–Crippen LogP) is 3.75. The van der Waals surface area contributed by atoms with E-state index >= 15 is 0 Å². The summed E-state index contributed by atoms with van der Waals surface area (Å²) >= 11 is 1.04. The Hall–Kier alpha value is -3.10. The summed E-state index contributed by atoms with van der Waals surface area (Å²) in [5, 5.41) is 11.7. The van der Waals surface area contributed by atoms with Crippen LogP contribution in [0.4, 0.5) is 0 Å². The highest BCUT2D eigenvalue weighted by atomic mass is 32.2. The number of benzene rings is 3. The Kier molecular flexibility index (Phi) is 4.66. The average Bonchev–Trinajstić information content (AvgIpc) is 2.99. The maximum absolute atomic E-state index is 12.6. The molecule has 0 atom stereocenters. The first-order valence-electron chi connectivity index (χ1n) is 8.23. The fourth-order valence-corrected chi connectivity index (χ4v) is 4.38. The molecule has 0 aliphatic carbocycles. The molecule has 1 aliphatic rings. The van der Waals surface area contributed by atoms with E-state index in [2.05, 4.69) is 5.32 Å². The van der Waals surface area contributed by atoms with E-state index in [1.54, 1.807) is 30.3 Å². The lowest BCUT2D eigenvalue weighted by Crippen LogP contribution is -2.18. The summed E-state index contributed by atoms with van der Waals surface area (Å²) < 4.78 is 30.4. The van der Waals surface area contributed by atoms with Crippen LogP contribution in [-0.2, 0) is 14.9 Å². The van der Waals surface area contributed by atoms with E-state index in [1.165, 1.54) is 18.2 Å². The highest BCUT2D eigenvalue weighted by Crippen LogP contribution is 2.27. The zero-order chi connectivity index (χ0) is 19.7. The molecule has 28 heavy (non-hydrogen) atoms. The summed E-state index contributed by atoms with van der Waals surface area (Å²) in [5.41, 5.74) is 0.697. The van der Waals surface area contributed by atoms with Crippen molar-refractivity contribution in [1.29, 1.82) is 5.41 Å². The van der Waals surface area contributed by atoms with Crippen molar-refractivity contribution in [2.45, 2.75) is 4.90 Å². The molecule has 3 aromatic carbocycles. The lowest BCUT2D eigenvalue weighted by atomic mass is 10.1. The van der Waals surface area contributed by atoms with Crippen molar-refractivity contribution in [2.75, 3.05) is 0 Å². The second kappa shape index (κ2) is 7.14. The second-order valence-electron chi connectivity index (χ2n) is 6.01. The minimum Gasteiger partial charge on any atom is -0.379 e. The van der Waals surface area contributed by atoms with E-state index in [4.69, 9.17) is 9.59 Å². The van der Waals surface area contributed by atoms with Gasteiger partial charge in [-0.25, -0.2) is 0 Å². The fraction of sp³-hybridized carbons (Fsp3) is 0. The maximum Gasteiger partial charge on any atom is 0.339 e. The molecule has 0 spiro atoms. The molecule has 0 aromatic heterocycles. The van der Waals surface area contributed by atoms with Gasteiger partial charge in [0.25, 0.3) is 5.91 Å². The van der Waals surface area contributed by atoms with Gasteiger partial charge in [0.15, 0.2) is 5.17 Å². The van der Waals surface area contributed by atoms with E-state index in [0.29, 0.717) is 10.5 Å². The zero-order valence-electron chi connectivity index (χ0n) is 14.4. The Labute approximate surface area is 165 Å². The van der Waals surface area contributed by atoms with Crippen molar-refractivity contribution in [3.8, 4) is 5.75 Å². The largest absolute Gasteiger partial charge is 0.379 e. The number of hydrogen-bond donors (Lipinski definition) is 2. The van der Waals surface area contributed by atoms with Crippen molar-refractivity contribution in [3.63, 3.8) is 0 Å². The third-order valence-electron chi connectivity index (χ3n) is 4.06. The van der Waals surface area contributed by atoms with Crippen molar-refractivity contribution in [2.24, 2.45) is 0 Å². The normalized spacial score (nSPS) is 15.8. The first-order chi connectivity index (χ1) is 13.4. The van der Waals surface area contributed by atoms with Gasteiger partial charge in [-0.05, 0) is 58.4 Å². The number of rotatable bonds is 4. The first kappa shape index (κ1) is 18.3. The van der Waals surface area contributed by atoms with Gasteiger partial charge in [-0.2, -0.15) is 8.42 Å². The maximum atomic E-state index is 12.6. The van der Waals surface area contributed by atoms with Gasteiger partial charge in [-0.3, -0.25) is 10.2 Å². The molecule has 1 fully saturated rings. The summed E-state index contributed by atoms with van der Waals surface area (Å²) in [7, 11) is -3.97. The molecule has 1 heterocycles. The van der Waals surface area contributed by atoms with Crippen molar-refractivity contribution in [1.82, 2.24) is 5.32 Å². The van der Waals surface area contributed by atoms with Gasteiger partial charge in [-0.15, -0.1) is 0 Å². The predicted molar refractivity (Wildman–Crippen MR) is 110 cm³/mol. The Bertz CT molecular complexity index is 1230. The standard InChI is InChI=1S/C20H14N2O4S2/c21-20-22-19(23)18(27-20)11-13-5-8-16(9-6-13)26-28(24,25)17-10-7-14-3-1-2-4-15(14)12-17/h1-12H,(H2,21,22,23). The number of amidine groups is 1. The summed E-state index contributed by atoms with van der Waals surface area (Å²) in [4.78, 5) is 12.1. The zero-order valence-corrected chi connectivity index (χ0v) is 16.0. The number of carbonyl (C=O) groups is 1. The summed E-state index contributed by atoms with van der Waals surface area (Å²) in [6, 6.07) is 18.7. The number of thioether (sulfide) groups is 1. The second-order valence-corrected chi connectivity index (χ2v) is 8.61. The van der Waals surface area contributed by atoms with E-state index in [0.717, 1.165) is 22.5 Å². The number of fused-ring (bicyclic) bond motifs is 1. The van der Waals surface area contributed by atoms with Crippen LogP contribution in [0.2, 0.25) is 0 Å². The molecule has 1 aliphatic heterocycles. The minimum absolute atomic E-state index is 0.0786. The third-order valence-corrected chi connectivity index (χ3v) is 6.13. The molecule has 1 amide bonds. The first-order valence-corrected chi connectivity index (χ1v) is 10.5. The number of amides is 1. The van der Waals surface area contributed by atoms with Gasteiger partial charge < -0.3 is 9.50 Å². The van der Waals surface area contributed by atoms with Crippen LogP contribution >= 0.6 is 11.8 Å². The Morgan fingerprint density at radius 1 is 0.964 bits per heavy atom. The molecule has 140 valence electrons. The van der Waals surface area contributed by atoms with Gasteiger partial charge in [0.05, 0.1) is 4.91 Å². The summed E-state index contributed by atoms with van der Waals surface area (Å²) in [6.07, 6.45) is 1.63. The average molecular weight is 410 g/mol. The van der Waals surface area contributed by atoms with E-state index in [-0.39, 0.29) is 21.7 Å². The Morgan fingerprint density at radius 2 is 1.68 bits per heavy atom. The van der Waals surface area contributed by atoms with Crippen molar-refractivity contribution in [3.05, 3.63) is 77.2 Å². The Morgan fingerprint density at radius 3 is 2.36 bits per heavy atom. The van der Waals surface area contributed by atoms with Crippen LogP contribution in [0.3, 0.4) is 0 Å². The minimum atomic E-state index is -3.97. The van der Waals surface area contributed by atoms with Crippen molar-refractivity contribution >= 4 is 49.8 Å². The molecular formula is C20H14N2O4S2. The van der Waals surface area contributed by atoms with Crippen molar-refractivity contribution < 1.29 is 17.4 Å². The van der Waals surface area contributed by atoms with Gasteiger partial charge >= 0.3 is 10.1 Å². The van der Waals surface area contributed by atoms with Crippen LogP contribution in [0.1, 0.15) is 5.56 Å². The number of carbonyl (C=O) groups excluding carboxylic acids is 1. The summed E-state index contributed by atoms with van der Waals surface area (Å²) in [5.74, 6) is -0.152. The lowest BCUT2D eigenvalue weighted by Gasteiger charge is -2.08. The molecule has 0 bridgehead atoms. The molecule has 0 radical (unpaired) electrons. The highest BCUT2D eigenvalue weighted by molar-refractivity contribution is 8.18. The molecule has 4 rings (SSSR count). The van der Waals surface area contributed by atoms with Gasteiger partial charge in [0.1, 0.15) is 10.6 Å². The lowest BCUT2D eigenvalue weighted by molar-refractivity contribution is -0.115. The van der Waals surface area contributed by atoms with Crippen LogP contribution in [-0.4, -0.2) is 19.5 Å². The number of hydrogen-bond acceptors (Lipinski definition) is 6. The SMILES string of the molecule is N=C1NC(=O)C(=Cc2ccc(OS(=O)(=O)c3ccc4ccccc4c3)cc2)S1. The monoisotopic (exact) mass is 410 g/mol. The smallest absolute Gasteiger partial charge is 0.339 e. The van der Waals surface area contributed by atoms with E-state index in [9.17, 15) is 13.2 Å². The van der Waals surface area contributed by atoms with E-state index < -0.39 is 10.1 Å². The molecule has 0 saturated carbocycles. The van der Waals surface area contributed by atoms with Crippen LogP contribution in [0.15, 0.2) is 76.5 Å². The molecule has 3 aromatic rings. The topological polar surface area (TPSA) is 96.3 Å². The molecule has 6 nitrogen and oxygen atoms in total. The van der Waals surface area contributed by atoms with Crippen LogP contribution in [0.25, 0.3) is 16.8 Å². The molecule has 8 heteroatoms. The Balaban J connectivity index is 1.55. The quantitative estimate of drug-likeness (QED) is 0.504. The van der Waals surface area contributed by atoms with Crippen LogP contribution in [0, 0.1) is 5.41 Å². The van der Waals surface area contributed by atoms with E-state index in [1.807, 2.05) is 24.3 Å². The van der Waals surface area contributed by atoms with Gasteiger partial charge in [0, 0.05) is 0 Å². The van der Waals surface area contributed by atoms with Crippen LogP contribution in [0.5, 0.6) is 5.75 Å². The highest BCUT2D eigenvalue weighted by Gasteiger charge is 2.22. The summed E-state index contributed by atoms with van der Waals surface area (Å²) in [6.45, 7) is 0. The van der Waals surface area contributed by atoms with Crippen LogP contribution < -0.4 is 9.50 Å². The fourth-order valence-electron chi connectivity index (χ4n) is 2.71. The van der Waals surface area contributed by atoms with Gasteiger partial charge in [0.2, 0.25) is 0 Å². The molecular weight excluding hydrogens is 396 g/mol. The third kappa shape index (κ3) is 3.78. The van der Waals surface area contributed by atoms with Gasteiger partial charge in [-0.1, -0.05) is 42.5 Å². The number of nitrogens with one attached hydrogen (secondary N) is 2.